The number of halogens is 1. The molecule has 2 fully saturated rings. The highest BCUT2D eigenvalue weighted by Gasteiger charge is 2.38. The molecule has 0 spiro atoms. The molecule has 0 aromatic carbocycles. The van der Waals surface area contributed by atoms with Crippen molar-refractivity contribution in [3.8, 4) is 0 Å². The maximum Gasteiger partial charge on any atom is 0.0583 e. The SMILES string of the molecule is CC1CCC2C(O)CCCC2N1C.Cl. The fraction of sp³-hybridized carbons (Fsp3) is 1.00. The van der Waals surface area contributed by atoms with Gasteiger partial charge in [-0.3, -0.25) is 0 Å². The Morgan fingerprint density at radius 3 is 2.57 bits per heavy atom. The Labute approximate surface area is 93.1 Å². The Bertz CT molecular complexity index is 188. The van der Waals surface area contributed by atoms with Crippen molar-refractivity contribution in [1.82, 2.24) is 4.90 Å². The number of rotatable bonds is 0. The lowest BCUT2D eigenvalue weighted by Gasteiger charge is -2.47. The smallest absolute Gasteiger partial charge is 0.0583 e. The summed E-state index contributed by atoms with van der Waals surface area (Å²) in [6.45, 7) is 2.30. The van der Waals surface area contributed by atoms with Crippen LogP contribution in [-0.4, -0.2) is 35.2 Å². The van der Waals surface area contributed by atoms with Gasteiger partial charge in [-0.15, -0.1) is 12.4 Å². The van der Waals surface area contributed by atoms with Crippen LogP contribution in [0.4, 0.5) is 0 Å². The van der Waals surface area contributed by atoms with Gasteiger partial charge in [-0.25, -0.2) is 0 Å². The maximum absolute atomic E-state index is 9.88. The predicted octanol–water partition coefficient (Wildman–Crippen LogP) is 2.05. The van der Waals surface area contributed by atoms with Gasteiger partial charge in [0.05, 0.1) is 6.10 Å². The monoisotopic (exact) mass is 219 g/mol. The summed E-state index contributed by atoms with van der Waals surface area (Å²) in [6, 6.07) is 1.37. The minimum atomic E-state index is -0.0197. The summed E-state index contributed by atoms with van der Waals surface area (Å²) in [5.74, 6) is 0.565. The molecule has 1 saturated heterocycles. The van der Waals surface area contributed by atoms with Gasteiger partial charge in [0.25, 0.3) is 0 Å². The van der Waals surface area contributed by atoms with Gasteiger partial charge in [-0.05, 0) is 46.1 Å². The number of likely N-dealkylation sites (tertiary alicyclic amines) is 1. The molecule has 1 aliphatic heterocycles. The van der Waals surface area contributed by atoms with E-state index in [1.165, 1.54) is 25.7 Å². The van der Waals surface area contributed by atoms with Crippen molar-refractivity contribution in [2.24, 2.45) is 5.92 Å². The van der Waals surface area contributed by atoms with Gasteiger partial charge in [0.1, 0.15) is 0 Å². The fourth-order valence-corrected chi connectivity index (χ4v) is 3.08. The fourth-order valence-electron chi connectivity index (χ4n) is 3.08. The Balaban J connectivity index is 0.000000980. The van der Waals surface area contributed by atoms with Gasteiger partial charge < -0.3 is 10.0 Å². The third kappa shape index (κ3) is 2.07. The van der Waals surface area contributed by atoms with E-state index >= 15 is 0 Å². The number of aliphatic hydroxyl groups excluding tert-OH is 1. The zero-order chi connectivity index (χ0) is 9.42. The molecule has 1 N–H and O–H groups in total. The summed E-state index contributed by atoms with van der Waals surface area (Å²) in [4.78, 5) is 2.48. The average Bonchev–Trinajstić information content (AvgIpc) is 2.12. The van der Waals surface area contributed by atoms with E-state index in [0.717, 1.165) is 6.42 Å². The van der Waals surface area contributed by atoms with Crippen molar-refractivity contribution in [2.45, 2.75) is 57.2 Å². The number of hydrogen-bond acceptors (Lipinski definition) is 2. The Morgan fingerprint density at radius 2 is 1.86 bits per heavy atom. The number of aliphatic hydroxyl groups is 1. The second-order valence-electron chi connectivity index (χ2n) is 4.82. The van der Waals surface area contributed by atoms with Crippen molar-refractivity contribution in [2.75, 3.05) is 7.05 Å². The molecule has 0 aromatic heterocycles. The average molecular weight is 220 g/mol. The Kier molecular flexibility index (Phi) is 4.23. The third-order valence-electron chi connectivity index (χ3n) is 4.12. The van der Waals surface area contributed by atoms with Crippen LogP contribution in [-0.2, 0) is 0 Å². The topological polar surface area (TPSA) is 23.5 Å². The van der Waals surface area contributed by atoms with E-state index in [0.29, 0.717) is 18.0 Å². The molecule has 2 rings (SSSR count). The molecular formula is C11H22ClNO. The molecule has 14 heavy (non-hydrogen) atoms. The molecule has 3 heteroatoms. The zero-order valence-corrected chi connectivity index (χ0v) is 9.96. The molecule has 1 aliphatic carbocycles. The largest absolute Gasteiger partial charge is 0.393 e. The van der Waals surface area contributed by atoms with Crippen LogP contribution in [0.2, 0.25) is 0 Å². The highest BCUT2D eigenvalue weighted by molar-refractivity contribution is 5.85. The normalized spacial score (nSPS) is 43.9. The minimum Gasteiger partial charge on any atom is -0.393 e. The molecule has 4 unspecified atom stereocenters. The molecule has 2 aliphatic rings. The first-order chi connectivity index (χ1) is 6.20. The quantitative estimate of drug-likeness (QED) is 0.674. The van der Waals surface area contributed by atoms with E-state index < -0.39 is 0 Å². The number of nitrogens with zero attached hydrogens (tertiary/aromatic N) is 1. The summed E-state index contributed by atoms with van der Waals surface area (Å²) >= 11 is 0. The molecule has 1 heterocycles. The van der Waals surface area contributed by atoms with Gasteiger partial charge in [0, 0.05) is 18.0 Å². The van der Waals surface area contributed by atoms with Crippen LogP contribution in [0.5, 0.6) is 0 Å². The van der Waals surface area contributed by atoms with Gasteiger partial charge in [-0.2, -0.15) is 0 Å². The van der Waals surface area contributed by atoms with E-state index in [1.807, 2.05) is 0 Å². The van der Waals surface area contributed by atoms with Gasteiger partial charge in [-0.1, -0.05) is 0 Å². The molecule has 2 nitrogen and oxygen atoms in total. The number of piperidine rings is 1. The first-order valence-corrected chi connectivity index (χ1v) is 5.60. The molecule has 4 atom stereocenters. The second-order valence-corrected chi connectivity index (χ2v) is 4.82. The van der Waals surface area contributed by atoms with E-state index in [9.17, 15) is 5.11 Å². The van der Waals surface area contributed by atoms with Gasteiger partial charge in [0.2, 0.25) is 0 Å². The summed E-state index contributed by atoms with van der Waals surface area (Å²) in [7, 11) is 2.22. The zero-order valence-electron chi connectivity index (χ0n) is 9.15. The van der Waals surface area contributed by atoms with Crippen molar-refractivity contribution in [3.63, 3.8) is 0 Å². The minimum absolute atomic E-state index is 0. The highest BCUT2D eigenvalue weighted by atomic mass is 35.5. The van der Waals surface area contributed by atoms with Crippen LogP contribution in [0.1, 0.15) is 39.0 Å². The van der Waals surface area contributed by atoms with Crippen LogP contribution >= 0.6 is 12.4 Å². The van der Waals surface area contributed by atoms with Crippen LogP contribution in [0.25, 0.3) is 0 Å². The molecular weight excluding hydrogens is 198 g/mol. The molecule has 0 amide bonds. The molecule has 84 valence electrons. The van der Waals surface area contributed by atoms with Crippen LogP contribution in [0.15, 0.2) is 0 Å². The van der Waals surface area contributed by atoms with E-state index in [4.69, 9.17) is 0 Å². The van der Waals surface area contributed by atoms with Crippen LogP contribution in [0.3, 0.4) is 0 Å². The summed E-state index contributed by atoms with van der Waals surface area (Å²) in [6.07, 6.45) is 6.01. The van der Waals surface area contributed by atoms with Crippen molar-refractivity contribution in [1.29, 1.82) is 0 Å². The lowest BCUT2D eigenvalue weighted by molar-refractivity contribution is -0.0354. The van der Waals surface area contributed by atoms with Crippen LogP contribution < -0.4 is 0 Å². The summed E-state index contributed by atoms with van der Waals surface area (Å²) in [5.41, 5.74) is 0. The molecule has 0 aromatic rings. The molecule has 1 saturated carbocycles. The van der Waals surface area contributed by atoms with E-state index in [2.05, 4.69) is 18.9 Å². The first-order valence-electron chi connectivity index (χ1n) is 5.60. The first kappa shape index (κ1) is 12.3. The standard InChI is InChI=1S/C11H21NO.ClH/c1-8-6-7-9-10(12(8)2)4-3-5-11(9)13;/h8-11,13H,3-7H2,1-2H3;1H. The third-order valence-corrected chi connectivity index (χ3v) is 4.12. The molecule has 0 radical (unpaired) electrons. The highest BCUT2D eigenvalue weighted by Crippen LogP contribution is 2.36. The van der Waals surface area contributed by atoms with E-state index in [-0.39, 0.29) is 18.5 Å². The maximum atomic E-state index is 9.88. The van der Waals surface area contributed by atoms with Crippen molar-refractivity contribution >= 4 is 12.4 Å². The number of fused-ring (bicyclic) bond motifs is 1. The second kappa shape index (κ2) is 4.82. The van der Waals surface area contributed by atoms with Gasteiger partial charge >= 0.3 is 0 Å². The van der Waals surface area contributed by atoms with Crippen molar-refractivity contribution < 1.29 is 5.11 Å². The van der Waals surface area contributed by atoms with Gasteiger partial charge in [0.15, 0.2) is 0 Å². The summed E-state index contributed by atoms with van der Waals surface area (Å²) in [5, 5.41) is 9.88. The Hall–Kier alpha value is 0.210. The lowest BCUT2D eigenvalue weighted by Crippen LogP contribution is -2.52. The molecule has 0 bridgehead atoms. The van der Waals surface area contributed by atoms with Crippen molar-refractivity contribution in [3.05, 3.63) is 0 Å². The summed E-state index contributed by atoms with van der Waals surface area (Å²) < 4.78 is 0. The lowest BCUT2D eigenvalue weighted by atomic mass is 9.75. The number of hydrogen-bond donors (Lipinski definition) is 1. The van der Waals surface area contributed by atoms with E-state index in [1.54, 1.807) is 0 Å². The van der Waals surface area contributed by atoms with Crippen LogP contribution in [0, 0.1) is 5.92 Å². The predicted molar refractivity (Wildman–Crippen MR) is 60.8 cm³/mol. The Morgan fingerprint density at radius 1 is 1.14 bits per heavy atom.